The first-order valence-electron chi connectivity index (χ1n) is 11.0. The predicted octanol–water partition coefficient (Wildman–Crippen LogP) is 3.11. The van der Waals surface area contributed by atoms with E-state index in [1.165, 1.54) is 12.4 Å². The van der Waals surface area contributed by atoms with Crippen LogP contribution in [0.2, 0.25) is 0 Å². The zero-order valence-electron chi connectivity index (χ0n) is 19.4. The number of rotatable bonds is 4. The number of aromatic nitrogens is 5. The van der Waals surface area contributed by atoms with Gasteiger partial charge in [-0.2, -0.15) is 5.10 Å². The molecule has 4 N–H and O–H groups in total. The SMILES string of the molecule is CCc1cc2cccc(-c3cnn(C)c3)c2c(=O)n1-c1ccccc1.NC(=O)c1nccnc1N. The van der Waals surface area contributed by atoms with Gasteiger partial charge in [0.15, 0.2) is 11.5 Å². The zero-order chi connectivity index (χ0) is 24.9. The van der Waals surface area contributed by atoms with Crippen molar-refractivity contribution in [2.75, 3.05) is 5.73 Å². The van der Waals surface area contributed by atoms with Gasteiger partial charge in [0.05, 0.1) is 11.6 Å². The Morgan fingerprint density at radius 3 is 2.37 bits per heavy atom. The fourth-order valence-electron chi connectivity index (χ4n) is 3.88. The summed E-state index contributed by atoms with van der Waals surface area (Å²) in [6.45, 7) is 2.07. The molecule has 2 aromatic carbocycles. The van der Waals surface area contributed by atoms with Gasteiger partial charge in [-0.1, -0.05) is 43.3 Å². The fraction of sp³-hybridized carbons (Fsp3) is 0.115. The number of fused-ring (bicyclic) bond motifs is 1. The molecule has 0 bridgehead atoms. The second kappa shape index (κ2) is 10.0. The highest BCUT2D eigenvalue weighted by Crippen LogP contribution is 2.27. The molecule has 9 nitrogen and oxygen atoms in total. The maximum Gasteiger partial charge on any atom is 0.271 e. The van der Waals surface area contributed by atoms with E-state index >= 15 is 0 Å². The standard InChI is InChI=1S/C21H19N3O.C5H6N4O/c1-3-17-12-15-8-7-11-19(16-13-22-23(2)14-16)20(15)21(25)24(17)18-9-5-4-6-10-18;6-4-3(5(7)10)8-1-2-9-4/h4-14H,3H2,1-2H3;1-2H,(H2,6,9)(H2,7,10). The van der Waals surface area contributed by atoms with E-state index in [1.54, 1.807) is 10.9 Å². The van der Waals surface area contributed by atoms with E-state index in [9.17, 15) is 9.59 Å². The van der Waals surface area contributed by atoms with Gasteiger partial charge >= 0.3 is 0 Å². The molecular weight excluding hydrogens is 442 g/mol. The minimum Gasteiger partial charge on any atom is -0.382 e. The molecule has 35 heavy (non-hydrogen) atoms. The van der Waals surface area contributed by atoms with Crippen molar-refractivity contribution in [2.24, 2.45) is 12.8 Å². The van der Waals surface area contributed by atoms with Crippen LogP contribution in [0.25, 0.3) is 27.6 Å². The minimum absolute atomic E-state index is 0.0139. The number of hydrogen-bond acceptors (Lipinski definition) is 6. The summed E-state index contributed by atoms with van der Waals surface area (Å²) in [6, 6.07) is 17.9. The van der Waals surface area contributed by atoms with E-state index in [1.807, 2.05) is 66.3 Å². The molecule has 3 aromatic heterocycles. The van der Waals surface area contributed by atoms with Gasteiger partial charge in [-0.25, -0.2) is 9.97 Å². The zero-order valence-corrected chi connectivity index (χ0v) is 19.4. The molecule has 0 fully saturated rings. The van der Waals surface area contributed by atoms with Crippen molar-refractivity contribution in [2.45, 2.75) is 13.3 Å². The molecule has 5 rings (SSSR count). The Kier molecular flexibility index (Phi) is 6.68. The van der Waals surface area contributed by atoms with Crippen LogP contribution in [0, 0.1) is 0 Å². The second-order valence-electron chi connectivity index (χ2n) is 7.79. The van der Waals surface area contributed by atoms with E-state index in [0.29, 0.717) is 0 Å². The largest absolute Gasteiger partial charge is 0.382 e. The molecule has 0 aliphatic heterocycles. The molecule has 0 spiro atoms. The molecule has 9 heteroatoms. The van der Waals surface area contributed by atoms with E-state index in [4.69, 9.17) is 11.5 Å². The molecule has 5 aromatic rings. The Morgan fingerprint density at radius 1 is 1.03 bits per heavy atom. The average Bonchev–Trinajstić information content (AvgIpc) is 3.30. The van der Waals surface area contributed by atoms with E-state index in [-0.39, 0.29) is 17.1 Å². The van der Waals surface area contributed by atoms with Crippen molar-refractivity contribution in [1.82, 2.24) is 24.3 Å². The van der Waals surface area contributed by atoms with Gasteiger partial charge in [0, 0.05) is 42.6 Å². The topological polar surface area (TPSA) is 135 Å². The number of aryl methyl sites for hydroxylation is 2. The normalized spacial score (nSPS) is 10.6. The molecule has 176 valence electrons. The lowest BCUT2D eigenvalue weighted by Crippen LogP contribution is -2.22. The molecule has 0 radical (unpaired) electrons. The third kappa shape index (κ3) is 4.79. The molecule has 0 atom stereocenters. The number of benzene rings is 2. The van der Waals surface area contributed by atoms with E-state index < -0.39 is 5.91 Å². The first kappa shape index (κ1) is 23.4. The van der Waals surface area contributed by atoms with Crippen molar-refractivity contribution < 1.29 is 4.79 Å². The van der Waals surface area contributed by atoms with Crippen LogP contribution < -0.4 is 17.0 Å². The molecule has 0 saturated heterocycles. The van der Waals surface area contributed by atoms with Crippen molar-refractivity contribution in [1.29, 1.82) is 0 Å². The smallest absolute Gasteiger partial charge is 0.271 e. The Balaban J connectivity index is 0.000000243. The van der Waals surface area contributed by atoms with Crippen LogP contribution in [0.5, 0.6) is 0 Å². The van der Waals surface area contributed by atoms with Crippen LogP contribution >= 0.6 is 0 Å². The highest BCUT2D eigenvalue weighted by molar-refractivity contribution is 5.96. The molecule has 3 heterocycles. The summed E-state index contributed by atoms with van der Waals surface area (Å²) in [5.74, 6) is -0.597. The van der Waals surface area contributed by atoms with Crippen molar-refractivity contribution in [3.05, 3.63) is 101 Å². The van der Waals surface area contributed by atoms with Gasteiger partial charge in [-0.05, 0) is 35.6 Å². The lowest BCUT2D eigenvalue weighted by molar-refractivity contribution is 0.0996. The Bertz CT molecular complexity index is 1560. The summed E-state index contributed by atoms with van der Waals surface area (Å²) in [4.78, 5) is 31.1. The van der Waals surface area contributed by atoms with Gasteiger partial charge in [-0.3, -0.25) is 18.8 Å². The first-order chi connectivity index (χ1) is 16.9. The van der Waals surface area contributed by atoms with Crippen molar-refractivity contribution >= 4 is 22.5 Å². The highest BCUT2D eigenvalue weighted by Gasteiger charge is 2.14. The number of pyridine rings is 1. The van der Waals surface area contributed by atoms with Crippen molar-refractivity contribution in [3.8, 4) is 16.8 Å². The Morgan fingerprint density at radius 2 is 1.77 bits per heavy atom. The predicted molar refractivity (Wildman–Crippen MR) is 136 cm³/mol. The van der Waals surface area contributed by atoms with Crippen molar-refractivity contribution in [3.63, 3.8) is 0 Å². The van der Waals surface area contributed by atoms with Crippen LogP contribution in [0.1, 0.15) is 23.1 Å². The molecule has 0 aliphatic carbocycles. The Hall–Kier alpha value is -4.79. The lowest BCUT2D eigenvalue weighted by atomic mass is 10.0. The number of nitrogens with two attached hydrogens (primary N) is 2. The molecule has 1 amide bonds. The number of nitrogens with zero attached hydrogens (tertiary/aromatic N) is 5. The summed E-state index contributed by atoms with van der Waals surface area (Å²) in [5.41, 5.74) is 13.9. The monoisotopic (exact) mass is 467 g/mol. The van der Waals surface area contributed by atoms with Gasteiger partial charge in [0.25, 0.3) is 11.5 Å². The Labute approximate surface area is 201 Å². The quantitative estimate of drug-likeness (QED) is 0.417. The molecule has 0 aliphatic rings. The fourth-order valence-corrected chi connectivity index (χ4v) is 3.88. The summed E-state index contributed by atoms with van der Waals surface area (Å²) in [6.07, 6.45) is 7.28. The average molecular weight is 468 g/mol. The maximum atomic E-state index is 13.4. The van der Waals surface area contributed by atoms with E-state index in [0.717, 1.165) is 39.7 Å². The number of carbonyl (C=O) groups excluding carboxylic acids is 1. The number of para-hydroxylation sites is 1. The number of hydrogen-bond donors (Lipinski definition) is 2. The van der Waals surface area contributed by atoms with Gasteiger partial charge < -0.3 is 11.5 Å². The lowest BCUT2D eigenvalue weighted by Gasteiger charge is -2.15. The molecule has 0 saturated carbocycles. The van der Waals surface area contributed by atoms with Gasteiger partial charge in [0.2, 0.25) is 0 Å². The minimum atomic E-state index is -0.661. The first-order valence-corrected chi connectivity index (χ1v) is 11.0. The van der Waals surface area contributed by atoms with Crippen LogP contribution in [-0.2, 0) is 13.5 Å². The van der Waals surface area contributed by atoms with Crippen LogP contribution in [-0.4, -0.2) is 30.2 Å². The number of carbonyl (C=O) groups is 1. The van der Waals surface area contributed by atoms with Crippen LogP contribution in [0.3, 0.4) is 0 Å². The number of primary amides is 1. The molecular formula is C26H25N7O2. The summed E-state index contributed by atoms with van der Waals surface area (Å²) in [5, 5.41) is 5.95. The van der Waals surface area contributed by atoms with Gasteiger partial charge in [0.1, 0.15) is 0 Å². The second-order valence-corrected chi connectivity index (χ2v) is 7.79. The summed E-state index contributed by atoms with van der Waals surface area (Å²) >= 11 is 0. The third-order valence-corrected chi connectivity index (χ3v) is 5.48. The van der Waals surface area contributed by atoms with Gasteiger partial charge in [-0.15, -0.1) is 0 Å². The number of amides is 1. The third-order valence-electron chi connectivity index (χ3n) is 5.48. The summed E-state index contributed by atoms with van der Waals surface area (Å²) < 4.78 is 3.58. The number of nitrogen functional groups attached to an aromatic ring is 1. The highest BCUT2D eigenvalue weighted by atomic mass is 16.1. The maximum absolute atomic E-state index is 13.4. The molecule has 0 unspecified atom stereocenters. The van der Waals surface area contributed by atoms with E-state index in [2.05, 4.69) is 28.1 Å². The number of anilines is 1. The van der Waals surface area contributed by atoms with Crippen LogP contribution in [0.15, 0.2) is 84.2 Å². The van der Waals surface area contributed by atoms with Crippen LogP contribution in [0.4, 0.5) is 5.82 Å². The summed E-state index contributed by atoms with van der Waals surface area (Å²) in [7, 11) is 1.88.